The topological polar surface area (TPSA) is 92.6 Å². The second-order valence-corrected chi connectivity index (χ2v) is 6.33. The van der Waals surface area contributed by atoms with Gasteiger partial charge in [-0.25, -0.2) is 4.98 Å². The van der Waals surface area contributed by atoms with Crippen LogP contribution >= 0.6 is 0 Å². The third kappa shape index (κ3) is 3.80. The number of aliphatic hydroxyl groups is 1. The summed E-state index contributed by atoms with van der Waals surface area (Å²) >= 11 is 0. The molecule has 1 saturated heterocycles. The zero-order chi connectivity index (χ0) is 17.1. The predicted molar refractivity (Wildman–Crippen MR) is 88.3 cm³/mol. The maximum atomic E-state index is 10.7. The molecule has 2 atom stereocenters. The number of aliphatic hydroxyl groups excluding tert-OH is 1. The van der Waals surface area contributed by atoms with Crippen molar-refractivity contribution in [2.24, 2.45) is 5.92 Å². The van der Waals surface area contributed by atoms with Gasteiger partial charge in [0.1, 0.15) is 6.26 Å². The van der Waals surface area contributed by atoms with Gasteiger partial charge in [0.05, 0.1) is 16.7 Å². The Morgan fingerprint density at radius 1 is 1.46 bits per heavy atom. The molecule has 1 aromatic carbocycles. The highest BCUT2D eigenvalue weighted by molar-refractivity contribution is 5.55. The van der Waals surface area contributed by atoms with Gasteiger partial charge in [0.15, 0.2) is 0 Å². The third-order valence-electron chi connectivity index (χ3n) is 4.49. The number of nitro benzene ring substituents is 1. The van der Waals surface area contributed by atoms with Crippen molar-refractivity contribution >= 4 is 5.69 Å². The quantitative estimate of drug-likeness (QED) is 0.669. The molecule has 7 heteroatoms. The van der Waals surface area contributed by atoms with Crippen LogP contribution < -0.4 is 0 Å². The van der Waals surface area contributed by atoms with Crippen LogP contribution in [0.2, 0.25) is 0 Å². The first-order valence-corrected chi connectivity index (χ1v) is 8.12. The highest BCUT2D eigenvalue weighted by atomic mass is 16.6. The van der Waals surface area contributed by atoms with E-state index in [0.717, 1.165) is 31.6 Å². The molecule has 2 heterocycles. The highest BCUT2D eigenvalue weighted by Crippen LogP contribution is 2.24. The van der Waals surface area contributed by atoms with Crippen LogP contribution in [0.5, 0.6) is 0 Å². The summed E-state index contributed by atoms with van der Waals surface area (Å²) in [5.41, 5.74) is 1.59. The van der Waals surface area contributed by atoms with E-state index in [2.05, 4.69) is 9.88 Å². The standard InChI is InChI=1S/C17H21N3O4/c1-12(21)14-3-2-8-19(9-14)10-15-11-24-17(18-15)13-4-6-16(7-5-13)20(22)23/h4-7,11-12,14,21H,2-3,8-10H2,1H3. The van der Waals surface area contributed by atoms with Gasteiger partial charge in [-0.2, -0.15) is 0 Å². The second kappa shape index (κ2) is 7.11. The summed E-state index contributed by atoms with van der Waals surface area (Å²) in [7, 11) is 0. The molecule has 0 saturated carbocycles. The van der Waals surface area contributed by atoms with Gasteiger partial charge >= 0.3 is 0 Å². The lowest BCUT2D eigenvalue weighted by Gasteiger charge is -2.33. The van der Waals surface area contributed by atoms with E-state index < -0.39 is 4.92 Å². The van der Waals surface area contributed by atoms with E-state index in [1.54, 1.807) is 18.4 Å². The summed E-state index contributed by atoms with van der Waals surface area (Å²) < 4.78 is 5.51. The molecule has 1 aliphatic heterocycles. The summed E-state index contributed by atoms with van der Waals surface area (Å²) in [6.07, 6.45) is 3.47. The van der Waals surface area contributed by atoms with E-state index in [1.807, 2.05) is 6.92 Å². The Bertz CT molecular complexity index is 696. The van der Waals surface area contributed by atoms with Crippen molar-refractivity contribution in [2.75, 3.05) is 13.1 Å². The van der Waals surface area contributed by atoms with Gasteiger partial charge in [0, 0.05) is 30.8 Å². The SMILES string of the molecule is CC(O)C1CCCN(Cc2coc(-c3ccc([N+](=O)[O-])cc3)n2)C1. The van der Waals surface area contributed by atoms with Gasteiger partial charge in [-0.05, 0) is 44.4 Å². The molecule has 1 aromatic heterocycles. The third-order valence-corrected chi connectivity index (χ3v) is 4.49. The van der Waals surface area contributed by atoms with Crippen LogP contribution in [-0.2, 0) is 6.54 Å². The van der Waals surface area contributed by atoms with E-state index in [9.17, 15) is 15.2 Å². The summed E-state index contributed by atoms with van der Waals surface area (Å²) in [6.45, 7) is 4.37. The lowest BCUT2D eigenvalue weighted by atomic mass is 9.93. The number of non-ortho nitro benzene ring substituents is 1. The first-order chi connectivity index (χ1) is 11.5. The molecule has 1 N–H and O–H groups in total. The fourth-order valence-corrected chi connectivity index (χ4v) is 3.10. The smallest absolute Gasteiger partial charge is 0.269 e. The second-order valence-electron chi connectivity index (χ2n) is 6.33. The largest absolute Gasteiger partial charge is 0.444 e. The van der Waals surface area contributed by atoms with Crippen molar-refractivity contribution in [3.05, 3.63) is 46.3 Å². The molecule has 128 valence electrons. The summed E-state index contributed by atoms with van der Waals surface area (Å²) in [6, 6.07) is 6.16. The van der Waals surface area contributed by atoms with Crippen LogP contribution in [0.25, 0.3) is 11.5 Å². The monoisotopic (exact) mass is 331 g/mol. The lowest BCUT2D eigenvalue weighted by molar-refractivity contribution is -0.384. The Morgan fingerprint density at radius 2 is 2.21 bits per heavy atom. The van der Waals surface area contributed by atoms with Crippen LogP contribution in [0, 0.1) is 16.0 Å². The van der Waals surface area contributed by atoms with Gasteiger partial charge in [0.25, 0.3) is 5.69 Å². The van der Waals surface area contributed by atoms with Crippen molar-refractivity contribution < 1.29 is 14.4 Å². The minimum Gasteiger partial charge on any atom is -0.444 e. The molecule has 7 nitrogen and oxygen atoms in total. The minimum atomic E-state index is -0.431. The van der Waals surface area contributed by atoms with Gasteiger partial charge in [-0.15, -0.1) is 0 Å². The van der Waals surface area contributed by atoms with Gasteiger partial charge < -0.3 is 9.52 Å². The van der Waals surface area contributed by atoms with Crippen molar-refractivity contribution in [1.29, 1.82) is 0 Å². The number of hydrogen-bond donors (Lipinski definition) is 1. The van der Waals surface area contributed by atoms with E-state index in [0.29, 0.717) is 23.9 Å². The summed E-state index contributed by atoms with van der Waals surface area (Å²) in [4.78, 5) is 17.0. The van der Waals surface area contributed by atoms with Gasteiger partial charge in [-0.3, -0.25) is 15.0 Å². The van der Waals surface area contributed by atoms with Crippen LogP contribution in [-0.4, -0.2) is 39.1 Å². The molecule has 3 rings (SSSR count). The van der Waals surface area contributed by atoms with Crippen molar-refractivity contribution in [1.82, 2.24) is 9.88 Å². The number of rotatable bonds is 5. The maximum Gasteiger partial charge on any atom is 0.269 e. The van der Waals surface area contributed by atoms with Crippen LogP contribution in [0.3, 0.4) is 0 Å². The Morgan fingerprint density at radius 3 is 2.88 bits per heavy atom. The molecule has 2 aromatic rings. The molecular formula is C17H21N3O4. The normalized spacial score (nSPS) is 20.0. The number of nitro groups is 1. The van der Waals surface area contributed by atoms with Crippen LogP contribution in [0.4, 0.5) is 5.69 Å². The molecule has 0 aliphatic carbocycles. The highest BCUT2D eigenvalue weighted by Gasteiger charge is 2.24. The van der Waals surface area contributed by atoms with E-state index in [1.165, 1.54) is 12.1 Å². The van der Waals surface area contributed by atoms with Gasteiger partial charge in [-0.1, -0.05) is 0 Å². The lowest BCUT2D eigenvalue weighted by Crippen LogP contribution is -2.39. The molecule has 0 radical (unpaired) electrons. The Hall–Kier alpha value is -2.25. The Labute approximate surface area is 140 Å². The molecule has 1 fully saturated rings. The number of likely N-dealkylation sites (tertiary alicyclic amines) is 1. The molecule has 1 aliphatic rings. The van der Waals surface area contributed by atoms with Crippen LogP contribution in [0.15, 0.2) is 34.9 Å². The van der Waals surface area contributed by atoms with Gasteiger partial charge in [0.2, 0.25) is 5.89 Å². The number of piperidine rings is 1. The Kier molecular flexibility index (Phi) is 4.92. The number of oxazole rings is 1. The molecule has 0 spiro atoms. The summed E-state index contributed by atoms with van der Waals surface area (Å²) in [5.74, 6) is 0.767. The molecule has 0 amide bonds. The molecule has 24 heavy (non-hydrogen) atoms. The van der Waals surface area contributed by atoms with Crippen molar-refractivity contribution in [2.45, 2.75) is 32.4 Å². The van der Waals surface area contributed by atoms with E-state index in [4.69, 9.17) is 4.42 Å². The molecular weight excluding hydrogens is 310 g/mol. The predicted octanol–water partition coefficient (Wildman–Crippen LogP) is 2.84. The fraction of sp³-hybridized carbons (Fsp3) is 0.471. The summed E-state index contributed by atoms with van der Waals surface area (Å²) in [5, 5.41) is 20.5. The van der Waals surface area contributed by atoms with Crippen molar-refractivity contribution in [3.63, 3.8) is 0 Å². The zero-order valence-corrected chi connectivity index (χ0v) is 13.6. The number of hydrogen-bond acceptors (Lipinski definition) is 6. The van der Waals surface area contributed by atoms with E-state index >= 15 is 0 Å². The fourth-order valence-electron chi connectivity index (χ4n) is 3.10. The average Bonchev–Trinajstić information content (AvgIpc) is 3.03. The average molecular weight is 331 g/mol. The zero-order valence-electron chi connectivity index (χ0n) is 13.6. The minimum absolute atomic E-state index is 0.0445. The molecule has 0 bridgehead atoms. The number of aromatic nitrogens is 1. The van der Waals surface area contributed by atoms with Crippen LogP contribution in [0.1, 0.15) is 25.5 Å². The molecule has 2 unspecified atom stereocenters. The van der Waals surface area contributed by atoms with Crippen molar-refractivity contribution in [3.8, 4) is 11.5 Å². The van der Waals surface area contributed by atoms with E-state index in [-0.39, 0.29) is 11.8 Å². The Balaban J connectivity index is 1.66. The maximum absolute atomic E-state index is 10.7. The number of benzene rings is 1. The number of nitrogens with zero attached hydrogens (tertiary/aromatic N) is 3. The first kappa shape index (κ1) is 16.6. The first-order valence-electron chi connectivity index (χ1n) is 8.12.